The molecule has 0 fully saturated rings. The van der Waals surface area contributed by atoms with E-state index in [1.54, 1.807) is 0 Å². The fraction of sp³-hybridized carbons (Fsp3) is 0.812. The van der Waals surface area contributed by atoms with Crippen molar-refractivity contribution in [2.45, 2.75) is 71.0 Å². The summed E-state index contributed by atoms with van der Waals surface area (Å²) in [5.41, 5.74) is 1.84. The molecule has 1 unspecified atom stereocenters. The monoisotopic (exact) mass is 284 g/mol. The third kappa shape index (κ3) is 4.88. The molecule has 3 heteroatoms. The second kappa shape index (κ2) is 8.70. The van der Waals surface area contributed by atoms with E-state index in [0.717, 1.165) is 19.3 Å². The van der Waals surface area contributed by atoms with E-state index in [2.05, 4.69) is 48.1 Å². The second-order valence-electron chi connectivity index (χ2n) is 6.35. The molecule has 0 bridgehead atoms. The molecule has 0 amide bonds. The first-order valence-corrected chi connectivity index (χ1v) is 9.67. The first kappa shape index (κ1) is 18.6. The first-order valence-electron chi connectivity index (χ1n) is 7.52. The smallest absolute Gasteiger partial charge is 0.200 e. The second-order valence-corrected chi connectivity index (χ2v) is 11.8. The van der Waals surface area contributed by atoms with Crippen LogP contribution in [-0.2, 0) is 9.22 Å². The van der Waals surface area contributed by atoms with Crippen LogP contribution in [-0.4, -0.2) is 21.2 Å². The van der Waals surface area contributed by atoms with Crippen molar-refractivity contribution in [3.8, 4) is 0 Å². The number of allylic oxidation sites excluding steroid dienone is 1. The standard InChI is InChI=1S/C16H32O2Si/c1-8-16(9-11-17)10-12-18-19(13(2)3,14(4)5)15(6)7/h8,11,13-16H,1,9-10,12H2,2-7H3. The number of carbonyl (C=O) groups excluding carboxylic acids is 1. The normalized spacial score (nSPS) is 14.2. The van der Waals surface area contributed by atoms with E-state index in [1.807, 2.05) is 6.08 Å². The Bertz CT molecular complexity index is 250. The summed E-state index contributed by atoms with van der Waals surface area (Å²) in [5.74, 6) is 0.260. The van der Waals surface area contributed by atoms with Crippen molar-refractivity contribution in [2.24, 2.45) is 5.92 Å². The minimum Gasteiger partial charge on any atom is -0.416 e. The molecule has 0 aliphatic heterocycles. The van der Waals surface area contributed by atoms with Gasteiger partial charge in [-0.25, -0.2) is 0 Å². The number of rotatable bonds is 10. The molecule has 2 nitrogen and oxygen atoms in total. The lowest BCUT2D eigenvalue weighted by molar-refractivity contribution is -0.108. The van der Waals surface area contributed by atoms with Crippen LogP contribution in [0.2, 0.25) is 16.6 Å². The van der Waals surface area contributed by atoms with Gasteiger partial charge in [0.1, 0.15) is 6.29 Å². The summed E-state index contributed by atoms with van der Waals surface area (Å²) in [4.78, 5) is 10.6. The summed E-state index contributed by atoms with van der Waals surface area (Å²) in [7, 11) is -1.75. The van der Waals surface area contributed by atoms with E-state index in [1.165, 1.54) is 0 Å². The molecule has 19 heavy (non-hydrogen) atoms. The zero-order chi connectivity index (χ0) is 15.1. The summed E-state index contributed by atoms with van der Waals surface area (Å²) < 4.78 is 6.47. The average Bonchev–Trinajstić information content (AvgIpc) is 2.31. The van der Waals surface area contributed by atoms with E-state index in [-0.39, 0.29) is 5.92 Å². The highest BCUT2D eigenvalue weighted by Crippen LogP contribution is 2.42. The largest absolute Gasteiger partial charge is 0.416 e. The van der Waals surface area contributed by atoms with Gasteiger partial charge in [0, 0.05) is 13.0 Å². The van der Waals surface area contributed by atoms with E-state index in [4.69, 9.17) is 4.43 Å². The fourth-order valence-electron chi connectivity index (χ4n) is 3.34. The molecule has 0 aliphatic rings. The summed E-state index contributed by atoms with van der Waals surface area (Å²) in [6, 6.07) is 0. The molecule has 0 saturated carbocycles. The topological polar surface area (TPSA) is 26.3 Å². The van der Waals surface area contributed by atoms with Gasteiger partial charge in [-0.2, -0.15) is 0 Å². The highest BCUT2D eigenvalue weighted by Gasteiger charge is 2.44. The van der Waals surface area contributed by atoms with Gasteiger partial charge < -0.3 is 9.22 Å². The zero-order valence-electron chi connectivity index (χ0n) is 13.6. The van der Waals surface area contributed by atoms with Crippen LogP contribution in [0.4, 0.5) is 0 Å². The van der Waals surface area contributed by atoms with Crippen LogP contribution in [0, 0.1) is 5.92 Å². The third-order valence-electron chi connectivity index (χ3n) is 4.28. The van der Waals surface area contributed by atoms with Gasteiger partial charge in [0.15, 0.2) is 8.32 Å². The van der Waals surface area contributed by atoms with Gasteiger partial charge in [0.25, 0.3) is 0 Å². The Balaban J connectivity index is 4.67. The number of hydrogen-bond donors (Lipinski definition) is 0. The Hall–Kier alpha value is -0.413. The van der Waals surface area contributed by atoms with Gasteiger partial charge in [-0.3, -0.25) is 0 Å². The molecule has 0 saturated heterocycles. The number of carbonyl (C=O) groups is 1. The molecule has 0 rings (SSSR count). The molecular formula is C16H32O2Si. The van der Waals surface area contributed by atoms with Gasteiger partial charge in [0.05, 0.1) is 0 Å². The highest BCUT2D eigenvalue weighted by molar-refractivity contribution is 6.77. The molecule has 0 heterocycles. The van der Waals surface area contributed by atoms with Crippen LogP contribution in [0.25, 0.3) is 0 Å². The van der Waals surface area contributed by atoms with Crippen molar-refractivity contribution < 1.29 is 9.22 Å². The molecule has 0 aromatic carbocycles. The van der Waals surface area contributed by atoms with Gasteiger partial charge in [0.2, 0.25) is 0 Å². The first-order chi connectivity index (χ1) is 8.82. The van der Waals surface area contributed by atoms with Gasteiger partial charge in [-0.1, -0.05) is 47.6 Å². The maximum atomic E-state index is 10.6. The van der Waals surface area contributed by atoms with Crippen LogP contribution in [0.1, 0.15) is 54.4 Å². The zero-order valence-corrected chi connectivity index (χ0v) is 14.6. The maximum absolute atomic E-state index is 10.6. The predicted molar refractivity (Wildman–Crippen MR) is 86.0 cm³/mol. The van der Waals surface area contributed by atoms with E-state index >= 15 is 0 Å². The molecule has 0 N–H and O–H groups in total. The minimum absolute atomic E-state index is 0.260. The molecule has 112 valence electrons. The highest BCUT2D eigenvalue weighted by atomic mass is 28.4. The number of hydrogen-bond acceptors (Lipinski definition) is 2. The number of aldehydes is 1. The van der Waals surface area contributed by atoms with Crippen molar-refractivity contribution in [2.75, 3.05) is 6.61 Å². The summed E-state index contributed by atoms with van der Waals surface area (Å²) in [6.45, 7) is 18.3. The average molecular weight is 285 g/mol. The summed E-state index contributed by atoms with van der Waals surface area (Å²) in [6.07, 6.45) is 4.32. The van der Waals surface area contributed by atoms with Crippen molar-refractivity contribution >= 4 is 14.6 Å². The SMILES string of the molecule is C=CC(CC=O)CCO[Si](C(C)C)(C(C)C)C(C)C. The third-order valence-corrected chi connectivity index (χ3v) is 10.4. The van der Waals surface area contributed by atoms with Crippen molar-refractivity contribution in [1.82, 2.24) is 0 Å². The maximum Gasteiger partial charge on any atom is 0.200 e. The Morgan fingerprint density at radius 2 is 1.53 bits per heavy atom. The van der Waals surface area contributed by atoms with E-state index in [0.29, 0.717) is 23.0 Å². The van der Waals surface area contributed by atoms with Crippen LogP contribution in [0.5, 0.6) is 0 Å². The Kier molecular flexibility index (Phi) is 8.51. The van der Waals surface area contributed by atoms with E-state index in [9.17, 15) is 4.79 Å². The van der Waals surface area contributed by atoms with Crippen LogP contribution < -0.4 is 0 Å². The van der Waals surface area contributed by atoms with Crippen molar-refractivity contribution in [1.29, 1.82) is 0 Å². The quantitative estimate of drug-likeness (QED) is 0.322. The Morgan fingerprint density at radius 1 is 1.05 bits per heavy atom. The van der Waals surface area contributed by atoms with Crippen LogP contribution >= 0.6 is 0 Å². The van der Waals surface area contributed by atoms with Crippen molar-refractivity contribution in [3.63, 3.8) is 0 Å². The minimum atomic E-state index is -1.75. The summed E-state index contributed by atoms with van der Waals surface area (Å²) in [5, 5.41) is 0. The lowest BCUT2D eigenvalue weighted by Gasteiger charge is -2.42. The lowest BCUT2D eigenvalue weighted by Crippen LogP contribution is -2.48. The van der Waals surface area contributed by atoms with Crippen LogP contribution in [0.15, 0.2) is 12.7 Å². The lowest BCUT2D eigenvalue weighted by atomic mass is 10.0. The molecule has 1 atom stereocenters. The predicted octanol–water partition coefficient (Wildman–Crippen LogP) is 4.96. The fourth-order valence-corrected chi connectivity index (χ4v) is 8.81. The van der Waals surface area contributed by atoms with Gasteiger partial charge in [-0.05, 0) is 29.0 Å². The molecule has 0 aromatic heterocycles. The van der Waals surface area contributed by atoms with Gasteiger partial charge in [-0.15, -0.1) is 6.58 Å². The van der Waals surface area contributed by atoms with Crippen molar-refractivity contribution in [3.05, 3.63) is 12.7 Å². The molecule has 0 aromatic rings. The summed E-state index contributed by atoms with van der Waals surface area (Å²) >= 11 is 0. The molecular weight excluding hydrogens is 252 g/mol. The molecule has 0 aliphatic carbocycles. The van der Waals surface area contributed by atoms with Crippen LogP contribution in [0.3, 0.4) is 0 Å². The Morgan fingerprint density at radius 3 is 1.84 bits per heavy atom. The van der Waals surface area contributed by atoms with Gasteiger partial charge >= 0.3 is 0 Å². The Labute approximate surface area is 120 Å². The molecule has 0 radical (unpaired) electrons. The van der Waals surface area contributed by atoms with E-state index < -0.39 is 8.32 Å². The molecule has 0 spiro atoms.